The van der Waals surface area contributed by atoms with Crippen molar-refractivity contribution in [1.82, 2.24) is 0 Å². The van der Waals surface area contributed by atoms with Gasteiger partial charge in [-0.3, -0.25) is 4.79 Å². The van der Waals surface area contributed by atoms with E-state index in [1.165, 1.54) is 0 Å². The number of para-hydroxylation sites is 1. The monoisotopic (exact) mass is 202 g/mol. The average molecular weight is 202 g/mol. The van der Waals surface area contributed by atoms with Gasteiger partial charge in [0, 0.05) is 6.42 Å². The highest BCUT2D eigenvalue weighted by atomic mass is 16.3. The van der Waals surface area contributed by atoms with Gasteiger partial charge in [-0.05, 0) is 18.6 Å². The first-order chi connectivity index (χ1) is 7.27. The Balaban J connectivity index is 2.47. The summed E-state index contributed by atoms with van der Waals surface area (Å²) in [5.74, 6) is 0.645. The summed E-state index contributed by atoms with van der Waals surface area (Å²) in [4.78, 5) is 12.0. The molecule has 1 aromatic carbocycles. The Kier molecular flexibility index (Phi) is 1.70. The molecule has 0 saturated heterocycles. The largest absolute Gasteiger partial charge is 0.460 e. The first-order valence-corrected chi connectivity index (χ1v) is 5.00. The van der Waals surface area contributed by atoms with Gasteiger partial charge in [0.25, 0.3) is 0 Å². The lowest BCUT2D eigenvalue weighted by molar-refractivity contribution is 0.179. The topological polar surface area (TPSA) is 50.4 Å². The molecule has 1 N–H and O–H groups in total. The molecule has 76 valence electrons. The van der Waals surface area contributed by atoms with Crippen molar-refractivity contribution in [2.24, 2.45) is 0 Å². The fraction of sp³-hybridized carbons (Fsp3) is 0.250. The number of aliphatic hydroxyl groups excluding tert-OH is 1. The van der Waals surface area contributed by atoms with E-state index in [2.05, 4.69) is 0 Å². The lowest BCUT2D eigenvalue weighted by Crippen LogP contribution is -2.11. The van der Waals surface area contributed by atoms with Crippen molar-refractivity contribution in [3.63, 3.8) is 0 Å². The molecular formula is C12H10O3. The van der Waals surface area contributed by atoms with E-state index in [9.17, 15) is 9.90 Å². The highest BCUT2D eigenvalue weighted by Crippen LogP contribution is 2.30. The third-order valence-corrected chi connectivity index (χ3v) is 2.89. The molecule has 3 heteroatoms. The predicted molar refractivity (Wildman–Crippen MR) is 55.8 cm³/mol. The molecule has 0 amide bonds. The molecule has 0 spiro atoms. The van der Waals surface area contributed by atoms with Crippen LogP contribution in [0.15, 0.2) is 33.5 Å². The predicted octanol–water partition coefficient (Wildman–Crippen LogP) is 1.77. The minimum atomic E-state index is -0.652. The molecule has 1 heterocycles. The van der Waals surface area contributed by atoms with Gasteiger partial charge >= 0.3 is 0 Å². The molecule has 0 saturated carbocycles. The average Bonchev–Trinajstić information content (AvgIpc) is 2.61. The first-order valence-electron chi connectivity index (χ1n) is 5.00. The van der Waals surface area contributed by atoms with E-state index in [1.54, 1.807) is 18.2 Å². The molecule has 0 aliphatic heterocycles. The highest BCUT2D eigenvalue weighted by molar-refractivity contribution is 5.77. The normalized spacial score (nSPS) is 19.4. The lowest BCUT2D eigenvalue weighted by atomic mass is 10.1. The number of hydrogen-bond acceptors (Lipinski definition) is 3. The van der Waals surface area contributed by atoms with Crippen LogP contribution < -0.4 is 5.43 Å². The maximum atomic E-state index is 12.0. The lowest BCUT2D eigenvalue weighted by Gasteiger charge is -2.03. The zero-order chi connectivity index (χ0) is 10.4. The van der Waals surface area contributed by atoms with E-state index in [0.29, 0.717) is 35.1 Å². The van der Waals surface area contributed by atoms with Gasteiger partial charge in [0.2, 0.25) is 0 Å². The van der Waals surface area contributed by atoms with Crippen LogP contribution in [-0.4, -0.2) is 5.11 Å². The third kappa shape index (κ3) is 1.13. The Morgan fingerprint density at radius 3 is 3.00 bits per heavy atom. The van der Waals surface area contributed by atoms with Crippen molar-refractivity contribution in [2.45, 2.75) is 18.9 Å². The van der Waals surface area contributed by atoms with Crippen molar-refractivity contribution < 1.29 is 9.52 Å². The van der Waals surface area contributed by atoms with Crippen LogP contribution in [0.2, 0.25) is 0 Å². The second-order valence-electron chi connectivity index (χ2n) is 3.82. The van der Waals surface area contributed by atoms with Crippen molar-refractivity contribution in [3.05, 3.63) is 45.8 Å². The van der Waals surface area contributed by atoms with Crippen molar-refractivity contribution >= 4 is 11.0 Å². The number of aryl methyl sites for hydroxylation is 1. The molecule has 2 aromatic rings. The minimum Gasteiger partial charge on any atom is -0.460 e. The number of hydrogen-bond donors (Lipinski definition) is 1. The Morgan fingerprint density at radius 1 is 1.33 bits per heavy atom. The summed E-state index contributed by atoms with van der Waals surface area (Å²) in [7, 11) is 0. The summed E-state index contributed by atoms with van der Waals surface area (Å²) in [6.07, 6.45) is 0.585. The van der Waals surface area contributed by atoms with Crippen LogP contribution >= 0.6 is 0 Å². The number of benzene rings is 1. The smallest absolute Gasteiger partial charge is 0.198 e. The summed E-state index contributed by atoms with van der Waals surface area (Å²) in [5, 5.41) is 10.2. The van der Waals surface area contributed by atoms with E-state index in [0.717, 1.165) is 0 Å². The molecule has 3 rings (SSSR count). The molecule has 0 fully saturated rings. The molecule has 1 aromatic heterocycles. The summed E-state index contributed by atoms with van der Waals surface area (Å²) in [5.41, 5.74) is 0.973. The van der Waals surface area contributed by atoms with Crippen molar-refractivity contribution in [2.75, 3.05) is 0 Å². The Morgan fingerprint density at radius 2 is 2.13 bits per heavy atom. The van der Waals surface area contributed by atoms with Crippen LogP contribution in [0.25, 0.3) is 11.0 Å². The van der Waals surface area contributed by atoms with Gasteiger partial charge < -0.3 is 9.52 Å². The van der Waals surface area contributed by atoms with Crippen LogP contribution in [0.5, 0.6) is 0 Å². The number of rotatable bonds is 0. The van der Waals surface area contributed by atoms with E-state index in [4.69, 9.17) is 4.42 Å². The van der Waals surface area contributed by atoms with Crippen LogP contribution in [0.1, 0.15) is 23.8 Å². The molecule has 1 atom stereocenters. The van der Waals surface area contributed by atoms with E-state index in [1.807, 2.05) is 6.07 Å². The SMILES string of the molecule is O=c1c2c(oc3ccccc13)CCC2O. The molecule has 1 aliphatic carbocycles. The minimum absolute atomic E-state index is 0.0862. The zero-order valence-electron chi connectivity index (χ0n) is 8.06. The molecular weight excluding hydrogens is 192 g/mol. The van der Waals surface area contributed by atoms with Gasteiger partial charge in [0.05, 0.1) is 17.1 Å². The fourth-order valence-electron chi connectivity index (χ4n) is 2.14. The second-order valence-corrected chi connectivity index (χ2v) is 3.82. The molecule has 1 unspecified atom stereocenters. The van der Waals surface area contributed by atoms with Gasteiger partial charge in [0.1, 0.15) is 11.3 Å². The van der Waals surface area contributed by atoms with Gasteiger partial charge in [-0.1, -0.05) is 12.1 Å². The maximum absolute atomic E-state index is 12.0. The zero-order valence-corrected chi connectivity index (χ0v) is 8.06. The first kappa shape index (κ1) is 8.68. The Labute approximate surface area is 86.0 Å². The molecule has 3 nitrogen and oxygen atoms in total. The Bertz CT molecular complexity index is 583. The van der Waals surface area contributed by atoms with Gasteiger partial charge in [-0.2, -0.15) is 0 Å². The second kappa shape index (κ2) is 2.94. The third-order valence-electron chi connectivity index (χ3n) is 2.89. The van der Waals surface area contributed by atoms with E-state index >= 15 is 0 Å². The molecule has 0 bridgehead atoms. The number of aliphatic hydroxyl groups is 1. The van der Waals surface area contributed by atoms with Gasteiger partial charge in [-0.25, -0.2) is 0 Å². The van der Waals surface area contributed by atoms with E-state index in [-0.39, 0.29) is 5.43 Å². The van der Waals surface area contributed by atoms with Crippen LogP contribution in [0.4, 0.5) is 0 Å². The van der Waals surface area contributed by atoms with Crippen LogP contribution in [-0.2, 0) is 6.42 Å². The fourth-order valence-corrected chi connectivity index (χ4v) is 2.14. The summed E-state index contributed by atoms with van der Waals surface area (Å²) in [6, 6.07) is 7.14. The molecule has 0 radical (unpaired) electrons. The maximum Gasteiger partial charge on any atom is 0.198 e. The highest BCUT2D eigenvalue weighted by Gasteiger charge is 2.26. The summed E-state index contributed by atoms with van der Waals surface area (Å²) < 4.78 is 5.60. The quantitative estimate of drug-likeness (QED) is 0.708. The molecule has 15 heavy (non-hydrogen) atoms. The van der Waals surface area contributed by atoms with E-state index < -0.39 is 6.10 Å². The Hall–Kier alpha value is -1.61. The number of fused-ring (bicyclic) bond motifs is 2. The van der Waals surface area contributed by atoms with Crippen molar-refractivity contribution in [3.8, 4) is 0 Å². The van der Waals surface area contributed by atoms with Crippen LogP contribution in [0.3, 0.4) is 0 Å². The summed E-state index contributed by atoms with van der Waals surface area (Å²) >= 11 is 0. The molecule has 1 aliphatic rings. The van der Waals surface area contributed by atoms with Crippen LogP contribution in [0, 0.1) is 0 Å². The van der Waals surface area contributed by atoms with Gasteiger partial charge in [0.15, 0.2) is 5.43 Å². The van der Waals surface area contributed by atoms with Gasteiger partial charge in [-0.15, -0.1) is 0 Å². The standard InChI is InChI=1S/C12H10O3/c13-8-5-6-10-11(8)12(14)7-3-1-2-4-9(7)15-10/h1-4,8,13H,5-6H2. The summed E-state index contributed by atoms with van der Waals surface area (Å²) in [6.45, 7) is 0. The van der Waals surface area contributed by atoms with Crippen molar-refractivity contribution in [1.29, 1.82) is 0 Å².